The molecule has 4 aliphatic carbocycles. The molecule has 4 fully saturated rings. The fourth-order valence-corrected chi connectivity index (χ4v) is 10.0. The minimum absolute atomic E-state index is 0.0167. The van der Waals surface area contributed by atoms with Crippen LogP contribution in [0.3, 0.4) is 0 Å². The van der Waals surface area contributed by atoms with Crippen molar-refractivity contribution in [3.05, 3.63) is 0 Å². The molecule has 1 N–H and O–H groups in total. The number of carboxylic acids is 1. The Morgan fingerprint density at radius 1 is 1.18 bits per heavy atom. The average Bonchev–Trinajstić information content (AvgIpc) is 3.01. The number of hydrogen-bond acceptors (Lipinski definition) is 2. The molecule has 0 aromatic heterocycles. The maximum absolute atomic E-state index is 13.9. The van der Waals surface area contributed by atoms with Crippen LogP contribution in [0, 0.1) is 46.3 Å². The molecule has 0 radical (unpaired) electrons. The summed E-state index contributed by atoms with van der Waals surface area (Å²) in [5.74, 6) is 2.80. The van der Waals surface area contributed by atoms with Gasteiger partial charge in [-0.3, -0.25) is 9.59 Å². The molecule has 0 heterocycles. The van der Waals surface area contributed by atoms with Crippen molar-refractivity contribution in [2.45, 2.75) is 89.8 Å². The number of carbonyl (C=O) groups excluding carboxylic acids is 1. The first-order valence-corrected chi connectivity index (χ1v) is 12.5. The molecule has 4 aliphatic rings. The Bertz CT molecular complexity index is 648. The number of carboxylic acid groups (broad SMARTS) is 1. The number of halogens is 1. The van der Waals surface area contributed by atoms with Gasteiger partial charge in [0, 0.05) is 11.8 Å². The van der Waals surface area contributed by atoms with Crippen LogP contribution in [0.25, 0.3) is 0 Å². The van der Waals surface area contributed by atoms with E-state index in [2.05, 4.69) is 36.7 Å². The van der Waals surface area contributed by atoms with Crippen LogP contribution in [0.2, 0.25) is 0 Å². The standard InChI is InChI=1S/C24H37BrO3/c1-14(7-12-19(26)27)17-10-11-18-16-9-8-15-6-4-5-13-23(15,2)20(16)21(25)22(28)24(17,18)3/h14-18,20-21H,4-13H2,1-3H3,(H,26,27)/t14-,15+,16+,17+,18-,20+,21+,23+,24+/m1/s1. The maximum Gasteiger partial charge on any atom is 0.303 e. The highest BCUT2D eigenvalue weighted by Crippen LogP contribution is 2.68. The highest BCUT2D eigenvalue weighted by atomic mass is 79.9. The molecular weight excluding hydrogens is 416 g/mol. The van der Waals surface area contributed by atoms with Crippen molar-refractivity contribution in [3.63, 3.8) is 0 Å². The Labute approximate surface area is 178 Å². The van der Waals surface area contributed by atoms with Gasteiger partial charge in [-0.2, -0.15) is 0 Å². The van der Waals surface area contributed by atoms with Crippen molar-refractivity contribution in [1.82, 2.24) is 0 Å². The van der Waals surface area contributed by atoms with Crippen molar-refractivity contribution in [2.75, 3.05) is 0 Å². The maximum atomic E-state index is 13.9. The van der Waals surface area contributed by atoms with Crippen molar-refractivity contribution in [2.24, 2.45) is 46.3 Å². The third-order valence-corrected chi connectivity index (χ3v) is 11.0. The van der Waals surface area contributed by atoms with Gasteiger partial charge in [-0.15, -0.1) is 0 Å². The largest absolute Gasteiger partial charge is 0.481 e. The van der Waals surface area contributed by atoms with Crippen LogP contribution in [-0.2, 0) is 9.59 Å². The van der Waals surface area contributed by atoms with Crippen LogP contribution in [0.4, 0.5) is 0 Å². The average molecular weight is 453 g/mol. The molecule has 0 spiro atoms. The van der Waals surface area contributed by atoms with Crippen LogP contribution < -0.4 is 0 Å². The third kappa shape index (κ3) is 2.94. The van der Waals surface area contributed by atoms with Gasteiger partial charge in [0.1, 0.15) is 0 Å². The number of aliphatic carboxylic acids is 1. The van der Waals surface area contributed by atoms with Crippen molar-refractivity contribution < 1.29 is 14.7 Å². The molecule has 4 heteroatoms. The number of Topliss-reactive ketones (excluding diaryl/α,β-unsaturated/α-hetero) is 1. The minimum Gasteiger partial charge on any atom is -0.481 e. The number of ketones is 1. The number of carbonyl (C=O) groups is 2. The first-order valence-electron chi connectivity index (χ1n) is 11.6. The second kappa shape index (κ2) is 7.39. The minimum atomic E-state index is -0.719. The quantitative estimate of drug-likeness (QED) is 0.524. The summed E-state index contributed by atoms with van der Waals surface area (Å²) in [7, 11) is 0. The summed E-state index contributed by atoms with van der Waals surface area (Å²) in [5, 5.41) is 9.11. The summed E-state index contributed by atoms with van der Waals surface area (Å²) in [6.07, 6.45) is 11.1. The Morgan fingerprint density at radius 2 is 1.93 bits per heavy atom. The Hall–Kier alpha value is -0.380. The molecule has 9 atom stereocenters. The van der Waals surface area contributed by atoms with E-state index in [1.165, 1.54) is 38.5 Å². The summed E-state index contributed by atoms with van der Waals surface area (Å²) >= 11 is 3.96. The Morgan fingerprint density at radius 3 is 2.64 bits per heavy atom. The molecule has 0 amide bonds. The number of rotatable bonds is 4. The molecule has 4 rings (SSSR count). The molecule has 3 nitrogen and oxygen atoms in total. The molecule has 4 saturated carbocycles. The lowest BCUT2D eigenvalue weighted by molar-refractivity contribution is -0.155. The van der Waals surface area contributed by atoms with E-state index in [9.17, 15) is 9.59 Å². The number of hydrogen-bond donors (Lipinski definition) is 1. The van der Waals surface area contributed by atoms with Gasteiger partial charge in [0.25, 0.3) is 0 Å². The first-order chi connectivity index (χ1) is 13.2. The molecule has 0 unspecified atom stereocenters. The van der Waals surface area contributed by atoms with Crippen LogP contribution in [-0.4, -0.2) is 21.7 Å². The number of alkyl halides is 1. The summed E-state index contributed by atoms with van der Waals surface area (Å²) in [6.45, 7) is 6.93. The van der Waals surface area contributed by atoms with Gasteiger partial charge in [-0.25, -0.2) is 0 Å². The third-order valence-electron chi connectivity index (χ3n) is 9.97. The van der Waals surface area contributed by atoms with E-state index in [1.807, 2.05) is 0 Å². The number of fused-ring (bicyclic) bond motifs is 5. The molecular formula is C24H37BrO3. The molecule has 0 saturated heterocycles. The lowest BCUT2D eigenvalue weighted by atomic mass is 9.44. The Kier molecular flexibility index (Phi) is 5.51. The van der Waals surface area contributed by atoms with Crippen LogP contribution in [0.1, 0.15) is 85.0 Å². The molecule has 158 valence electrons. The zero-order valence-corrected chi connectivity index (χ0v) is 19.3. The summed E-state index contributed by atoms with van der Waals surface area (Å²) in [4.78, 5) is 25.0. The van der Waals surface area contributed by atoms with Crippen LogP contribution in [0.5, 0.6) is 0 Å². The van der Waals surface area contributed by atoms with E-state index in [4.69, 9.17) is 5.11 Å². The second-order valence-electron chi connectivity index (χ2n) is 11.0. The van der Waals surface area contributed by atoms with E-state index in [1.54, 1.807) is 0 Å². The lowest BCUT2D eigenvalue weighted by Gasteiger charge is -2.61. The van der Waals surface area contributed by atoms with E-state index >= 15 is 0 Å². The van der Waals surface area contributed by atoms with Crippen LogP contribution in [0.15, 0.2) is 0 Å². The molecule has 0 aliphatic heterocycles. The van der Waals surface area contributed by atoms with Gasteiger partial charge in [-0.05, 0) is 85.9 Å². The van der Waals surface area contributed by atoms with Crippen molar-refractivity contribution >= 4 is 27.7 Å². The summed E-state index contributed by atoms with van der Waals surface area (Å²) in [6, 6.07) is 0. The van der Waals surface area contributed by atoms with Gasteiger partial charge in [0.05, 0.1) is 4.83 Å². The molecule has 28 heavy (non-hydrogen) atoms. The monoisotopic (exact) mass is 452 g/mol. The zero-order valence-electron chi connectivity index (χ0n) is 17.8. The van der Waals surface area contributed by atoms with Gasteiger partial charge >= 0.3 is 5.97 Å². The van der Waals surface area contributed by atoms with Crippen LogP contribution >= 0.6 is 15.9 Å². The van der Waals surface area contributed by atoms with E-state index in [0.717, 1.165) is 18.8 Å². The topological polar surface area (TPSA) is 54.4 Å². The van der Waals surface area contributed by atoms with Gasteiger partial charge in [-0.1, -0.05) is 49.5 Å². The molecule has 0 aromatic rings. The zero-order chi connectivity index (χ0) is 20.3. The Balaban J connectivity index is 1.63. The highest BCUT2D eigenvalue weighted by molar-refractivity contribution is 9.10. The highest BCUT2D eigenvalue weighted by Gasteiger charge is 2.66. The van der Waals surface area contributed by atoms with Gasteiger partial charge in [0.15, 0.2) is 5.78 Å². The summed E-state index contributed by atoms with van der Waals surface area (Å²) in [5.41, 5.74) is 0.0461. The normalized spacial score (nSPS) is 49.1. The van der Waals surface area contributed by atoms with Gasteiger partial charge in [0.2, 0.25) is 0 Å². The lowest BCUT2D eigenvalue weighted by Crippen LogP contribution is -2.61. The molecule has 0 bridgehead atoms. The SMILES string of the molecule is C[C@H](CCC(=O)O)[C@@H]1CC[C@@H]2[C@@H]3CC[C@@H]4CCCC[C@]4(C)[C@@H]3[C@H](Br)C(=O)[C@]21C. The second-order valence-corrected chi connectivity index (χ2v) is 12.0. The van der Waals surface area contributed by atoms with E-state index in [-0.39, 0.29) is 16.7 Å². The smallest absolute Gasteiger partial charge is 0.303 e. The fraction of sp³-hybridized carbons (Fsp3) is 0.917. The first kappa shape index (κ1) is 20.9. The molecule has 0 aromatic carbocycles. The van der Waals surface area contributed by atoms with Crippen molar-refractivity contribution in [1.29, 1.82) is 0 Å². The van der Waals surface area contributed by atoms with Gasteiger partial charge < -0.3 is 5.11 Å². The fourth-order valence-electron chi connectivity index (χ4n) is 8.55. The van der Waals surface area contributed by atoms with E-state index in [0.29, 0.717) is 47.2 Å². The predicted octanol–water partition coefficient (Wildman–Crippen LogP) is 6.09. The predicted molar refractivity (Wildman–Crippen MR) is 114 cm³/mol. The van der Waals surface area contributed by atoms with Crippen molar-refractivity contribution in [3.8, 4) is 0 Å². The van der Waals surface area contributed by atoms with E-state index < -0.39 is 5.97 Å². The summed E-state index contributed by atoms with van der Waals surface area (Å²) < 4.78 is 0.